The normalized spacial score (nSPS) is 18.1. The Morgan fingerprint density at radius 2 is 1.95 bits per heavy atom. The Labute approximate surface area is 119 Å². The molecular weight excluding hydrogens is 252 g/mol. The number of aryl methyl sites for hydroxylation is 1. The fourth-order valence-electron chi connectivity index (χ4n) is 3.18. The van der Waals surface area contributed by atoms with Crippen molar-refractivity contribution in [1.82, 2.24) is 9.80 Å². The molecule has 0 aromatic heterocycles. The Morgan fingerprint density at radius 1 is 1.15 bits per heavy atom. The van der Waals surface area contributed by atoms with Gasteiger partial charge in [0.2, 0.25) is 5.91 Å². The maximum absolute atomic E-state index is 12.4. The van der Waals surface area contributed by atoms with Crippen LogP contribution in [0.3, 0.4) is 0 Å². The number of likely N-dealkylation sites (tertiary alicyclic amines) is 1. The summed E-state index contributed by atoms with van der Waals surface area (Å²) < 4.78 is 0. The van der Waals surface area contributed by atoms with E-state index in [9.17, 15) is 9.59 Å². The van der Waals surface area contributed by atoms with E-state index < -0.39 is 0 Å². The van der Waals surface area contributed by atoms with E-state index in [0.29, 0.717) is 13.0 Å². The summed E-state index contributed by atoms with van der Waals surface area (Å²) in [6.45, 7) is 5.09. The van der Waals surface area contributed by atoms with Crippen molar-refractivity contribution >= 4 is 11.8 Å². The molecule has 0 unspecified atom stereocenters. The van der Waals surface area contributed by atoms with E-state index >= 15 is 0 Å². The van der Waals surface area contributed by atoms with Crippen LogP contribution in [0.4, 0.5) is 0 Å². The zero-order valence-electron chi connectivity index (χ0n) is 11.9. The molecule has 0 radical (unpaired) electrons. The third kappa shape index (κ3) is 2.30. The molecule has 0 N–H and O–H groups in total. The molecule has 20 heavy (non-hydrogen) atoms. The summed E-state index contributed by atoms with van der Waals surface area (Å²) in [7, 11) is 0. The van der Waals surface area contributed by atoms with Gasteiger partial charge in [-0.15, -0.1) is 0 Å². The maximum Gasteiger partial charge on any atom is 0.254 e. The Kier molecular flexibility index (Phi) is 3.47. The second-order valence-corrected chi connectivity index (χ2v) is 5.67. The van der Waals surface area contributed by atoms with Crippen molar-refractivity contribution in [2.75, 3.05) is 19.6 Å². The van der Waals surface area contributed by atoms with E-state index in [0.717, 1.165) is 49.2 Å². The molecule has 1 fully saturated rings. The molecule has 1 aromatic carbocycles. The fraction of sp³-hybridized carbons (Fsp3) is 0.500. The Balaban J connectivity index is 1.57. The van der Waals surface area contributed by atoms with E-state index in [1.54, 1.807) is 0 Å². The molecule has 106 valence electrons. The lowest BCUT2D eigenvalue weighted by molar-refractivity contribution is -0.127. The molecule has 2 heterocycles. The number of rotatable bonds is 4. The highest BCUT2D eigenvalue weighted by molar-refractivity contribution is 5.99. The smallest absolute Gasteiger partial charge is 0.254 e. The van der Waals surface area contributed by atoms with Gasteiger partial charge in [0.25, 0.3) is 5.91 Å². The molecule has 0 bridgehead atoms. The zero-order valence-corrected chi connectivity index (χ0v) is 11.9. The van der Waals surface area contributed by atoms with Crippen LogP contribution >= 0.6 is 0 Å². The van der Waals surface area contributed by atoms with Crippen LogP contribution in [0, 0.1) is 6.92 Å². The average molecular weight is 272 g/mol. The molecular formula is C16H20N2O2. The van der Waals surface area contributed by atoms with Crippen LogP contribution < -0.4 is 0 Å². The molecule has 4 heteroatoms. The molecule has 0 atom stereocenters. The molecule has 0 aliphatic carbocycles. The van der Waals surface area contributed by atoms with Crippen molar-refractivity contribution in [2.24, 2.45) is 0 Å². The Hall–Kier alpha value is -1.84. The highest BCUT2D eigenvalue weighted by Gasteiger charge is 2.28. The lowest BCUT2D eigenvalue weighted by Crippen LogP contribution is -2.31. The van der Waals surface area contributed by atoms with Gasteiger partial charge in [-0.25, -0.2) is 0 Å². The first-order valence-corrected chi connectivity index (χ1v) is 7.32. The number of carbonyl (C=O) groups excluding carboxylic acids is 2. The predicted molar refractivity (Wildman–Crippen MR) is 76.4 cm³/mol. The fourth-order valence-corrected chi connectivity index (χ4v) is 3.18. The first kappa shape index (κ1) is 13.2. The topological polar surface area (TPSA) is 40.6 Å². The highest BCUT2D eigenvalue weighted by atomic mass is 16.2. The van der Waals surface area contributed by atoms with E-state index in [1.807, 2.05) is 34.9 Å². The van der Waals surface area contributed by atoms with Crippen LogP contribution in [-0.4, -0.2) is 41.2 Å². The molecule has 1 saturated heterocycles. The quantitative estimate of drug-likeness (QED) is 0.840. The van der Waals surface area contributed by atoms with Crippen molar-refractivity contribution < 1.29 is 9.59 Å². The van der Waals surface area contributed by atoms with Crippen LogP contribution in [0.2, 0.25) is 0 Å². The number of nitrogens with zero attached hydrogens (tertiary/aromatic N) is 2. The SMILES string of the molecule is Cc1cccc2c1C(=O)N(CCCN1CCCC1=O)C2. The van der Waals surface area contributed by atoms with Gasteiger partial charge in [0.15, 0.2) is 0 Å². The van der Waals surface area contributed by atoms with Crippen molar-refractivity contribution in [1.29, 1.82) is 0 Å². The third-order valence-corrected chi connectivity index (χ3v) is 4.25. The standard InChI is InChI=1S/C16H20N2O2/c1-12-5-2-6-13-11-18(16(20)15(12)13)10-4-9-17-8-3-7-14(17)19/h2,5-6H,3-4,7-11H2,1H3. The van der Waals surface area contributed by atoms with E-state index in [-0.39, 0.29) is 11.8 Å². The van der Waals surface area contributed by atoms with Crippen molar-refractivity contribution in [3.8, 4) is 0 Å². The first-order valence-electron chi connectivity index (χ1n) is 7.32. The summed E-state index contributed by atoms with van der Waals surface area (Å²) in [5.74, 6) is 0.405. The summed E-state index contributed by atoms with van der Waals surface area (Å²) in [5.41, 5.74) is 3.07. The van der Waals surface area contributed by atoms with Gasteiger partial charge in [-0.3, -0.25) is 9.59 Å². The summed E-state index contributed by atoms with van der Waals surface area (Å²) in [5, 5.41) is 0. The van der Waals surface area contributed by atoms with Crippen molar-refractivity contribution in [3.05, 3.63) is 34.9 Å². The van der Waals surface area contributed by atoms with Crippen molar-refractivity contribution in [2.45, 2.75) is 32.7 Å². The number of hydrogen-bond donors (Lipinski definition) is 0. The summed E-state index contributed by atoms with van der Waals surface area (Å²) in [6.07, 6.45) is 2.53. The summed E-state index contributed by atoms with van der Waals surface area (Å²) >= 11 is 0. The highest BCUT2D eigenvalue weighted by Crippen LogP contribution is 2.25. The van der Waals surface area contributed by atoms with Gasteiger partial charge < -0.3 is 9.80 Å². The molecule has 1 aromatic rings. The zero-order chi connectivity index (χ0) is 14.1. The van der Waals surface area contributed by atoms with Gasteiger partial charge in [0, 0.05) is 38.2 Å². The average Bonchev–Trinajstić information content (AvgIpc) is 2.96. The van der Waals surface area contributed by atoms with Gasteiger partial charge in [-0.2, -0.15) is 0 Å². The van der Waals surface area contributed by atoms with E-state index in [4.69, 9.17) is 0 Å². The van der Waals surface area contributed by atoms with Gasteiger partial charge in [0.05, 0.1) is 0 Å². The van der Waals surface area contributed by atoms with Crippen molar-refractivity contribution in [3.63, 3.8) is 0 Å². The number of carbonyl (C=O) groups is 2. The van der Waals surface area contributed by atoms with Crippen LogP contribution in [-0.2, 0) is 11.3 Å². The number of benzene rings is 1. The molecule has 3 rings (SSSR count). The lowest BCUT2D eigenvalue weighted by Gasteiger charge is -2.19. The maximum atomic E-state index is 12.4. The van der Waals surface area contributed by atoms with Gasteiger partial charge in [-0.05, 0) is 30.9 Å². The monoisotopic (exact) mass is 272 g/mol. The molecule has 2 aliphatic heterocycles. The van der Waals surface area contributed by atoms with E-state index in [2.05, 4.69) is 0 Å². The van der Waals surface area contributed by atoms with Gasteiger partial charge in [0.1, 0.15) is 0 Å². The Morgan fingerprint density at radius 3 is 2.65 bits per heavy atom. The van der Waals surface area contributed by atoms with Crippen LogP contribution in [0.1, 0.15) is 40.7 Å². The molecule has 0 saturated carbocycles. The second kappa shape index (κ2) is 5.27. The number of hydrogen-bond acceptors (Lipinski definition) is 2. The van der Waals surface area contributed by atoms with E-state index in [1.165, 1.54) is 0 Å². The van der Waals surface area contributed by atoms with Gasteiger partial charge in [-0.1, -0.05) is 18.2 Å². The predicted octanol–water partition coefficient (Wildman–Crippen LogP) is 1.96. The lowest BCUT2D eigenvalue weighted by atomic mass is 10.0. The third-order valence-electron chi connectivity index (χ3n) is 4.25. The summed E-state index contributed by atoms with van der Waals surface area (Å²) in [4.78, 5) is 27.7. The first-order chi connectivity index (χ1) is 9.66. The van der Waals surface area contributed by atoms with Crippen LogP contribution in [0.5, 0.6) is 0 Å². The molecule has 2 aliphatic rings. The minimum absolute atomic E-state index is 0.144. The molecule has 2 amide bonds. The van der Waals surface area contributed by atoms with Crippen LogP contribution in [0.15, 0.2) is 18.2 Å². The Bertz CT molecular complexity index is 553. The largest absolute Gasteiger partial charge is 0.343 e. The number of amides is 2. The molecule has 4 nitrogen and oxygen atoms in total. The summed E-state index contributed by atoms with van der Waals surface area (Å²) in [6, 6.07) is 6.03. The minimum atomic E-state index is 0.144. The second-order valence-electron chi connectivity index (χ2n) is 5.67. The number of fused-ring (bicyclic) bond motifs is 1. The van der Waals surface area contributed by atoms with Gasteiger partial charge >= 0.3 is 0 Å². The minimum Gasteiger partial charge on any atom is -0.343 e. The van der Waals surface area contributed by atoms with Crippen LogP contribution in [0.25, 0.3) is 0 Å². The molecule has 0 spiro atoms.